The van der Waals surface area contributed by atoms with Gasteiger partial charge in [0.15, 0.2) is 0 Å². The largest absolute Gasteiger partial charge is 0.466 e. The van der Waals surface area contributed by atoms with Gasteiger partial charge >= 0.3 is 5.97 Å². The molecular formula is C12H17NO2. The molecule has 0 unspecified atom stereocenters. The smallest absolute Gasteiger partial charge is 0.307 e. The highest BCUT2D eigenvalue weighted by atomic mass is 16.5. The number of carbonyl (C=O) groups is 1. The topological polar surface area (TPSA) is 52.3 Å². The highest BCUT2D eigenvalue weighted by Gasteiger charge is 2.10. The van der Waals surface area contributed by atoms with Crippen LogP contribution in [-0.4, -0.2) is 18.6 Å². The van der Waals surface area contributed by atoms with E-state index in [0.717, 1.165) is 5.56 Å². The lowest BCUT2D eigenvalue weighted by Gasteiger charge is -2.10. The standard InChI is InChI=1S/C12H17NO2/c1-2-15-12(14)9-11(13)8-10-6-4-3-5-7-10/h3-7,11H,2,8-9,13H2,1H3/t11-/m0/s1. The number of nitrogens with two attached hydrogens (primary N) is 1. The van der Waals surface area contributed by atoms with E-state index in [1.165, 1.54) is 0 Å². The monoisotopic (exact) mass is 207 g/mol. The molecule has 0 aliphatic carbocycles. The van der Waals surface area contributed by atoms with Gasteiger partial charge in [-0.1, -0.05) is 30.3 Å². The van der Waals surface area contributed by atoms with E-state index in [4.69, 9.17) is 10.5 Å². The molecule has 0 amide bonds. The highest BCUT2D eigenvalue weighted by molar-refractivity contribution is 5.70. The quantitative estimate of drug-likeness (QED) is 0.744. The molecule has 0 bridgehead atoms. The van der Waals surface area contributed by atoms with Crippen molar-refractivity contribution in [2.24, 2.45) is 5.73 Å². The number of rotatable bonds is 5. The van der Waals surface area contributed by atoms with Crippen LogP contribution in [0.25, 0.3) is 0 Å². The van der Waals surface area contributed by atoms with Crippen molar-refractivity contribution in [3.63, 3.8) is 0 Å². The molecule has 1 aromatic carbocycles. The van der Waals surface area contributed by atoms with Crippen molar-refractivity contribution >= 4 is 5.97 Å². The third-order valence-corrected chi connectivity index (χ3v) is 2.07. The minimum absolute atomic E-state index is 0.161. The van der Waals surface area contributed by atoms with Crippen molar-refractivity contribution in [3.05, 3.63) is 35.9 Å². The summed E-state index contributed by atoms with van der Waals surface area (Å²) in [6.07, 6.45) is 0.988. The molecule has 15 heavy (non-hydrogen) atoms. The van der Waals surface area contributed by atoms with E-state index < -0.39 is 0 Å². The van der Waals surface area contributed by atoms with Crippen molar-refractivity contribution in [3.8, 4) is 0 Å². The van der Waals surface area contributed by atoms with Crippen LogP contribution in [0, 0.1) is 0 Å². The summed E-state index contributed by atoms with van der Waals surface area (Å²) in [5, 5.41) is 0. The Bertz CT molecular complexity index is 298. The van der Waals surface area contributed by atoms with Gasteiger partial charge in [0, 0.05) is 6.04 Å². The van der Waals surface area contributed by atoms with Crippen molar-refractivity contribution in [1.29, 1.82) is 0 Å². The molecule has 0 heterocycles. The first-order valence-corrected chi connectivity index (χ1v) is 5.17. The van der Waals surface area contributed by atoms with Crippen LogP contribution in [0.3, 0.4) is 0 Å². The zero-order valence-corrected chi connectivity index (χ0v) is 8.98. The molecular weight excluding hydrogens is 190 g/mol. The molecule has 0 aliphatic rings. The molecule has 0 fully saturated rings. The van der Waals surface area contributed by atoms with Gasteiger partial charge in [-0.3, -0.25) is 4.79 Å². The first kappa shape index (κ1) is 11.7. The zero-order valence-electron chi connectivity index (χ0n) is 8.98. The minimum atomic E-state index is -0.221. The Balaban J connectivity index is 2.36. The number of hydrogen-bond acceptors (Lipinski definition) is 3. The Hall–Kier alpha value is -1.35. The van der Waals surface area contributed by atoms with Gasteiger partial charge in [-0.15, -0.1) is 0 Å². The molecule has 0 radical (unpaired) electrons. The molecule has 0 spiro atoms. The summed E-state index contributed by atoms with van der Waals surface area (Å²) >= 11 is 0. The summed E-state index contributed by atoms with van der Waals surface area (Å²) in [7, 11) is 0. The molecule has 1 rings (SSSR count). The fraction of sp³-hybridized carbons (Fsp3) is 0.417. The normalized spacial score (nSPS) is 12.1. The second kappa shape index (κ2) is 6.19. The Labute approximate surface area is 90.2 Å². The van der Waals surface area contributed by atoms with E-state index in [1.54, 1.807) is 6.92 Å². The van der Waals surface area contributed by atoms with Crippen LogP contribution in [0.2, 0.25) is 0 Å². The van der Waals surface area contributed by atoms with Crippen molar-refractivity contribution in [2.75, 3.05) is 6.61 Å². The van der Waals surface area contributed by atoms with E-state index >= 15 is 0 Å². The molecule has 3 nitrogen and oxygen atoms in total. The Morgan fingerprint density at radius 1 is 1.40 bits per heavy atom. The summed E-state index contributed by atoms with van der Waals surface area (Å²) in [5.41, 5.74) is 6.98. The molecule has 0 saturated carbocycles. The summed E-state index contributed by atoms with van der Waals surface area (Å²) in [6, 6.07) is 9.74. The fourth-order valence-corrected chi connectivity index (χ4v) is 1.42. The maximum Gasteiger partial charge on any atom is 0.307 e. The van der Waals surface area contributed by atoms with Crippen LogP contribution in [0.15, 0.2) is 30.3 Å². The van der Waals surface area contributed by atoms with Crippen molar-refractivity contribution in [2.45, 2.75) is 25.8 Å². The maximum atomic E-state index is 11.1. The molecule has 3 heteroatoms. The molecule has 1 atom stereocenters. The van der Waals surface area contributed by atoms with E-state index in [-0.39, 0.29) is 18.4 Å². The highest BCUT2D eigenvalue weighted by Crippen LogP contribution is 2.04. The number of carbonyl (C=O) groups excluding carboxylic acids is 1. The summed E-state index contributed by atoms with van der Waals surface area (Å²) in [6.45, 7) is 2.21. The van der Waals surface area contributed by atoms with Gasteiger partial charge in [-0.25, -0.2) is 0 Å². The lowest BCUT2D eigenvalue weighted by molar-refractivity contribution is -0.143. The predicted octanol–water partition coefficient (Wildman–Crippen LogP) is 1.51. The van der Waals surface area contributed by atoms with Gasteiger partial charge in [0.05, 0.1) is 13.0 Å². The van der Waals surface area contributed by atoms with Gasteiger partial charge < -0.3 is 10.5 Å². The van der Waals surface area contributed by atoms with E-state index in [2.05, 4.69) is 0 Å². The molecule has 82 valence electrons. The molecule has 1 aromatic rings. The number of ether oxygens (including phenoxy) is 1. The van der Waals surface area contributed by atoms with E-state index in [0.29, 0.717) is 13.0 Å². The second-order valence-electron chi connectivity index (χ2n) is 3.46. The predicted molar refractivity (Wildman–Crippen MR) is 59.4 cm³/mol. The van der Waals surface area contributed by atoms with Gasteiger partial charge in [0.1, 0.15) is 0 Å². The van der Waals surface area contributed by atoms with Gasteiger partial charge in [0.2, 0.25) is 0 Å². The van der Waals surface area contributed by atoms with Gasteiger partial charge in [-0.2, -0.15) is 0 Å². The number of esters is 1. The molecule has 2 N–H and O–H groups in total. The minimum Gasteiger partial charge on any atom is -0.466 e. The van der Waals surface area contributed by atoms with Crippen LogP contribution < -0.4 is 5.73 Å². The summed E-state index contributed by atoms with van der Waals surface area (Å²) in [5.74, 6) is -0.221. The molecule has 0 aromatic heterocycles. The lowest BCUT2D eigenvalue weighted by Crippen LogP contribution is -2.27. The Morgan fingerprint density at radius 2 is 2.07 bits per heavy atom. The van der Waals surface area contributed by atoms with Crippen LogP contribution >= 0.6 is 0 Å². The summed E-state index contributed by atoms with van der Waals surface area (Å²) in [4.78, 5) is 11.1. The number of hydrogen-bond donors (Lipinski definition) is 1. The number of benzene rings is 1. The first-order chi connectivity index (χ1) is 7.22. The Kier molecular flexibility index (Phi) is 4.84. The average Bonchev–Trinajstić information content (AvgIpc) is 2.19. The van der Waals surface area contributed by atoms with Crippen LogP contribution in [-0.2, 0) is 16.0 Å². The van der Waals surface area contributed by atoms with Crippen LogP contribution in [0.4, 0.5) is 0 Å². The third kappa shape index (κ3) is 4.61. The van der Waals surface area contributed by atoms with Crippen LogP contribution in [0.5, 0.6) is 0 Å². The van der Waals surface area contributed by atoms with Gasteiger partial charge in [-0.05, 0) is 18.9 Å². The SMILES string of the molecule is CCOC(=O)C[C@@H](N)Cc1ccccc1. The molecule has 0 aliphatic heterocycles. The average molecular weight is 207 g/mol. The second-order valence-corrected chi connectivity index (χ2v) is 3.46. The zero-order chi connectivity index (χ0) is 11.1. The lowest BCUT2D eigenvalue weighted by atomic mass is 10.0. The summed E-state index contributed by atoms with van der Waals surface area (Å²) < 4.78 is 4.83. The van der Waals surface area contributed by atoms with E-state index in [1.807, 2.05) is 30.3 Å². The fourth-order valence-electron chi connectivity index (χ4n) is 1.42. The third-order valence-electron chi connectivity index (χ3n) is 2.07. The molecule has 0 saturated heterocycles. The maximum absolute atomic E-state index is 11.1. The Morgan fingerprint density at radius 3 is 2.67 bits per heavy atom. The van der Waals surface area contributed by atoms with Crippen molar-refractivity contribution in [1.82, 2.24) is 0 Å². The van der Waals surface area contributed by atoms with Gasteiger partial charge in [0.25, 0.3) is 0 Å². The van der Waals surface area contributed by atoms with Crippen molar-refractivity contribution < 1.29 is 9.53 Å². The van der Waals surface area contributed by atoms with E-state index in [9.17, 15) is 4.79 Å². The van der Waals surface area contributed by atoms with Crippen LogP contribution in [0.1, 0.15) is 18.9 Å². The first-order valence-electron chi connectivity index (χ1n) is 5.17.